The Morgan fingerprint density at radius 2 is 1.49 bits per heavy atom. The van der Waals surface area contributed by atoms with Gasteiger partial charge in [-0.05, 0) is 61.1 Å². The fourth-order valence-electron chi connectivity index (χ4n) is 6.72. The summed E-state index contributed by atoms with van der Waals surface area (Å²) < 4.78 is 105. The molecule has 0 fully saturated rings. The number of hydrogen-bond donors (Lipinski definition) is 5. The Morgan fingerprint density at radius 3 is 2.15 bits per heavy atom. The highest BCUT2D eigenvalue weighted by molar-refractivity contribution is 7.99. The molecular weight excluding hydrogens is 871 g/mol. The molecule has 0 aliphatic heterocycles. The third-order valence-corrected chi connectivity index (χ3v) is 13.5. The molecule has 5 rings (SSSR count). The number of thioether (sulfide) groups is 1. The quantitative estimate of drug-likeness (QED) is 0.0265. The van der Waals surface area contributed by atoms with Gasteiger partial charge in [0.1, 0.15) is 4.91 Å². The van der Waals surface area contributed by atoms with Gasteiger partial charge in [-0.1, -0.05) is 75.4 Å². The van der Waals surface area contributed by atoms with Crippen LogP contribution < -0.4 is 16.2 Å². The van der Waals surface area contributed by atoms with Gasteiger partial charge in [-0.25, -0.2) is 0 Å². The molecule has 0 atom stereocenters. The van der Waals surface area contributed by atoms with Crippen LogP contribution in [-0.2, 0) is 42.2 Å². The fraction of sp³-hybridized carbons (Fsp3) is 0.268. The fourth-order valence-corrected chi connectivity index (χ4v) is 9.13. The predicted molar refractivity (Wildman–Crippen MR) is 233 cm³/mol. The number of aryl methyl sites for hydroxylation is 1. The number of ketones is 2. The molecule has 5 N–H and O–H groups in total. The SMILES string of the molecule is CCCCCCCCSCC(=O)N/C=C/C(Nc1ccc2c3c1C(=O)c1ccccc1-c3c(C(=O)c1cccc(S(=O)(=O)O)c1)c(=O)n2C)=C(\C=C(/C)S(=O)(=O)O)S(=O)(=O)O. The zero-order valence-corrected chi connectivity index (χ0v) is 36.4. The van der Waals surface area contributed by atoms with Crippen molar-refractivity contribution < 1.29 is 53.3 Å². The molecule has 0 radical (unpaired) electrons. The maximum absolute atomic E-state index is 14.5. The molecule has 1 aromatic heterocycles. The monoisotopic (exact) mass is 913 g/mol. The van der Waals surface area contributed by atoms with E-state index in [-0.39, 0.29) is 50.2 Å². The van der Waals surface area contributed by atoms with E-state index in [4.69, 9.17) is 0 Å². The van der Waals surface area contributed by atoms with Crippen molar-refractivity contribution in [3.63, 3.8) is 0 Å². The smallest absolute Gasteiger partial charge is 0.296 e. The average molecular weight is 914 g/mol. The summed E-state index contributed by atoms with van der Waals surface area (Å²) in [6.07, 6.45) is 8.95. The molecule has 324 valence electrons. The van der Waals surface area contributed by atoms with E-state index < -0.39 is 79.4 Å². The maximum Gasteiger partial charge on any atom is 0.296 e. The van der Waals surface area contributed by atoms with Crippen LogP contribution in [0.25, 0.3) is 22.0 Å². The third kappa shape index (κ3) is 10.8. The van der Waals surface area contributed by atoms with Gasteiger partial charge in [-0.3, -0.25) is 32.8 Å². The van der Waals surface area contributed by atoms with Gasteiger partial charge in [-0.15, -0.1) is 0 Å². The van der Waals surface area contributed by atoms with Crippen LogP contribution in [0.4, 0.5) is 5.69 Å². The molecule has 1 aliphatic rings. The lowest BCUT2D eigenvalue weighted by molar-refractivity contribution is -0.117. The Bertz CT molecular complexity index is 2930. The van der Waals surface area contributed by atoms with Crippen molar-refractivity contribution in [1.29, 1.82) is 0 Å². The van der Waals surface area contributed by atoms with Crippen LogP contribution in [0.2, 0.25) is 0 Å². The number of unbranched alkanes of at least 4 members (excludes halogenated alkanes) is 5. The normalized spacial score (nSPS) is 13.6. The maximum atomic E-state index is 14.5. The van der Waals surface area contributed by atoms with E-state index in [2.05, 4.69) is 17.6 Å². The molecule has 16 nitrogen and oxygen atoms in total. The van der Waals surface area contributed by atoms with E-state index >= 15 is 0 Å². The predicted octanol–water partition coefficient (Wildman–Crippen LogP) is 6.25. The van der Waals surface area contributed by atoms with Crippen LogP contribution >= 0.6 is 11.8 Å². The summed E-state index contributed by atoms with van der Waals surface area (Å²) in [6.45, 7) is 2.99. The first kappa shape index (κ1) is 46.8. The molecule has 61 heavy (non-hydrogen) atoms. The van der Waals surface area contributed by atoms with E-state index in [1.54, 1.807) is 6.07 Å². The zero-order valence-electron chi connectivity index (χ0n) is 33.2. The van der Waals surface area contributed by atoms with Crippen LogP contribution in [0.15, 0.2) is 104 Å². The standard InChI is InChI=1S/C41H43N3O13S4/c1-4-5-6-7-8-11-21-58-24-34(45)42-20-19-30(33(61(55,56)57)22-25(2)59(49,50)51)43-31-17-18-32-37-35(28-15-9-10-16-29(28)40(47)36(31)37)38(41(48)44(32)3)39(46)26-13-12-14-27(23-26)60(52,53)54/h9-10,12-20,22-23,43H,4-8,11,21,24H2,1-3H3,(H,42,45)(H,49,50,51)(H,52,53,54)(H,55,56,57)/b20-19+,25-22+,33-30-. The Kier molecular flexibility index (Phi) is 14.8. The van der Waals surface area contributed by atoms with Crippen molar-refractivity contribution in [1.82, 2.24) is 9.88 Å². The van der Waals surface area contributed by atoms with Gasteiger partial charge in [0.05, 0.1) is 43.6 Å². The number of benzene rings is 3. The zero-order chi connectivity index (χ0) is 44.9. The van der Waals surface area contributed by atoms with Gasteiger partial charge in [0, 0.05) is 35.3 Å². The molecule has 1 aliphatic carbocycles. The molecule has 0 bridgehead atoms. The van der Waals surface area contributed by atoms with Gasteiger partial charge < -0.3 is 15.2 Å². The van der Waals surface area contributed by atoms with Crippen LogP contribution in [0, 0.1) is 0 Å². The van der Waals surface area contributed by atoms with Gasteiger partial charge in [0.25, 0.3) is 35.9 Å². The van der Waals surface area contributed by atoms with E-state index in [0.29, 0.717) is 6.08 Å². The number of nitrogens with zero attached hydrogens (tertiary/aromatic N) is 1. The van der Waals surface area contributed by atoms with E-state index in [1.807, 2.05) is 0 Å². The Morgan fingerprint density at radius 1 is 0.820 bits per heavy atom. The Labute approximate surface area is 357 Å². The van der Waals surface area contributed by atoms with Crippen LogP contribution in [0.3, 0.4) is 0 Å². The number of hydrogen-bond acceptors (Lipinski definition) is 12. The lowest BCUT2D eigenvalue weighted by Crippen LogP contribution is -2.29. The van der Waals surface area contributed by atoms with E-state index in [1.165, 1.54) is 61.3 Å². The van der Waals surface area contributed by atoms with Gasteiger partial charge in [0.15, 0.2) is 11.6 Å². The average Bonchev–Trinajstić information content (AvgIpc) is 3.19. The first-order chi connectivity index (χ1) is 28.7. The summed E-state index contributed by atoms with van der Waals surface area (Å²) in [4.78, 5) is 53.0. The highest BCUT2D eigenvalue weighted by atomic mass is 32.2. The molecule has 0 saturated heterocycles. The number of aromatic nitrogens is 1. The lowest BCUT2D eigenvalue weighted by Gasteiger charge is -2.26. The number of pyridine rings is 1. The molecule has 1 heterocycles. The van der Waals surface area contributed by atoms with E-state index in [0.717, 1.165) is 80.2 Å². The summed E-state index contributed by atoms with van der Waals surface area (Å²) in [5.74, 6) is -1.33. The number of carbonyl (C=O) groups excluding carboxylic acids is 3. The van der Waals surface area contributed by atoms with Crippen LogP contribution in [0.5, 0.6) is 0 Å². The molecule has 3 aromatic carbocycles. The molecule has 0 spiro atoms. The number of allylic oxidation sites excluding steroid dienone is 3. The highest BCUT2D eigenvalue weighted by Gasteiger charge is 2.34. The van der Waals surface area contributed by atoms with Crippen molar-refractivity contribution in [2.45, 2.75) is 57.3 Å². The molecule has 1 amide bonds. The Hall–Kier alpha value is -5.22. The second-order valence-corrected chi connectivity index (χ2v) is 19.5. The number of rotatable bonds is 19. The minimum atomic E-state index is -5.35. The first-order valence-corrected chi connectivity index (χ1v) is 24.3. The number of amides is 1. The summed E-state index contributed by atoms with van der Waals surface area (Å²) in [7, 11) is -13.8. The van der Waals surface area contributed by atoms with Gasteiger partial charge >= 0.3 is 0 Å². The van der Waals surface area contributed by atoms with Crippen LogP contribution in [-0.4, -0.2) is 72.5 Å². The molecular formula is C41H43N3O13S4. The minimum absolute atomic E-state index is 0.00320. The van der Waals surface area contributed by atoms with Crippen molar-refractivity contribution in [2.75, 3.05) is 16.8 Å². The summed E-state index contributed by atoms with van der Waals surface area (Å²) in [6, 6.07) is 13.1. The molecule has 0 saturated carbocycles. The molecule has 0 unspecified atom stereocenters. The minimum Gasteiger partial charge on any atom is -0.354 e. The largest absolute Gasteiger partial charge is 0.354 e. The van der Waals surface area contributed by atoms with Gasteiger partial charge in [0.2, 0.25) is 5.91 Å². The second kappa shape index (κ2) is 19.2. The highest BCUT2D eigenvalue weighted by Crippen LogP contribution is 2.44. The lowest BCUT2D eigenvalue weighted by atomic mass is 9.80. The summed E-state index contributed by atoms with van der Waals surface area (Å²) >= 11 is 1.39. The number of anilines is 1. The first-order valence-electron chi connectivity index (χ1n) is 18.8. The number of carbonyl (C=O) groups is 3. The topological polar surface area (TPSA) is 260 Å². The van der Waals surface area contributed by atoms with Crippen molar-refractivity contribution in [2.24, 2.45) is 7.05 Å². The third-order valence-electron chi connectivity index (χ3n) is 9.78. The molecule has 20 heteroatoms. The van der Waals surface area contributed by atoms with Crippen molar-refractivity contribution in [3.8, 4) is 11.1 Å². The van der Waals surface area contributed by atoms with Crippen molar-refractivity contribution in [3.05, 3.63) is 127 Å². The van der Waals surface area contributed by atoms with Crippen LogP contribution in [0.1, 0.15) is 84.2 Å². The number of nitrogens with one attached hydrogen (secondary N) is 2. The van der Waals surface area contributed by atoms with E-state index in [9.17, 15) is 58.1 Å². The summed E-state index contributed by atoms with van der Waals surface area (Å²) in [5, 5.41) is 5.28. The Balaban J connectivity index is 1.68. The molecule has 4 aromatic rings. The second-order valence-electron chi connectivity index (χ2n) is 14.0. The van der Waals surface area contributed by atoms with Crippen molar-refractivity contribution >= 4 is 76.2 Å². The summed E-state index contributed by atoms with van der Waals surface area (Å²) in [5.41, 5.74) is -2.28. The number of fused-ring (bicyclic) bond motifs is 2. The van der Waals surface area contributed by atoms with Gasteiger partial charge in [-0.2, -0.15) is 37.0 Å².